The SMILES string of the molecule is CNC(=O)C1CCCCN1Cc1ccc(-c2ccsc2)cc1. The van der Waals surface area contributed by atoms with Gasteiger partial charge in [-0.25, -0.2) is 0 Å². The average Bonchev–Trinajstić information content (AvgIpc) is 3.10. The maximum Gasteiger partial charge on any atom is 0.237 e. The van der Waals surface area contributed by atoms with Crippen LogP contribution in [0.25, 0.3) is 11.1 Å². The van der Waals surface area contributed by atoms with E-state index < -0.39 is 0 Å². The van der Waals surface area contributed by atoms with Gasteiger partial charge < -0.3 is 5.32 Å². The highest BCUT2D eigenvalue weighted by Gasteiger charge is 2.27. The lowest BCUT2D eigenvalue weighted by atomic mass is 10.00. The molecule has 4 heteroatoms. The highest BCUT2D eigenvalue weighted by molar-refractivity contribution is 7.08. The second-order valence-electron chi connectivity index (χ2n) is 5.81. The Morgan fingerprint density at radius 1 is 1.23 bits per heavy atom. The summed E-state index contributed by atoms with van der Waals surface area (Å²) < 4.78 is 0. The topological polar surface area (TPSA) is 32.3 Å². The molecule has 0 aliphatic carbocycles. The fourth-order valence-electron chi connectivity index (χ4n) is 3.11. The Morgan fingerprint density at radius 3 is 2.73 bits per heavy atom. The quantitative estimate of drug-likeness (QED) is 0.936. The largest absolute Gasteiger partial charge is 0.358 e. The molecule has 0 bridgehead atoms. The minimum atomic E-state index is 0.0234. The van der Waals surface area contributed by atoms with Gasteiger partial charge in [-0.15, -0.1) is 0 Å². The van der Waals surface area contributed by atoms with Crippen molar-refractivity contribution in [3.63, 3.8) is 0 Å². The summed E-state index contributed by atoms with van der Waals surface area (Å²) in [6, 6.07) is 10.9. The van der Waals surface area contributed by atoms with Crippen molar-refractivity contribution in [2.45, 2.75) is 31.8 Å². The van der Waals surface area contributed by atoms with E-state index in [1.807, 2.05) is 0 Å². The second kappa shape index (κ2) is 7.07. The molecule has 116 valence electrons. The predicted octanol–water partition coefficient (Wildman–Crippen LogP) is 3.52. The molecule has 22 heavy (non-hydrogen) atoms. The molecule has 1 N–H and O–H groups in total. The second-order valence-corrected chi connectivity index (χ2v) is 6.59. The van der Waals surface area contributed by atoms with Gasteiger partial charge in [0.1, 0.15) is 0 Å². The van der Waals surface area contributed by atoms with Crippen LogP contribution in [-0.4, -0.2) is 30.4 Å². The van der Waals surface area contributed by atoms with Gasteiger partial charge in [-0.3, -0.25) is 9.69 Å². The van der Waals surface area contributed by atoms with Gasteiger partial charge in [0, 0.05) is 13.6 Å². The first-order chi connectivity index (χ1) is 10.8. The molecule has 1 aromatic heterocycles. The molecule has 0 saturated carbocycles. The molecule has 2 heterocycles. The Kier molecular flexibility index (Phi) is 4.90. The van der Waals surface area contributed by atoms with Crippen LogP contribution in [0.4, 0.5) is 0 Å². The zero-order valence-corrected chi connectivity index (χ0v) is 13.7. The minimum absolute atomic E-state index is 0.0234. The van der Waals surface area contributed by atoms with Crippen LogP contribution in [-0.2, 0) is 11.3 Å². The third-order valence-electron chi connectivity index (χ3n) is 4.36. The number of nitrogens with one attached hydrogen (secondary N) is 1. The highest BCUT2D eigenvalue weighted by Crippen LogP contribution is 2.24. The number of nitrogens with zero attached hydrogens (tertiary/aromatic N) is 1. The number of amides is 1. The van der Waals surface area contributed by atoms with Crippen LogP contribution in [0.3, 0.4) is 0 Å². The fraction of sp³-hybridized carbons (Fsp3) is 0.389. The summed E-state index contributed by atoms with van der Waals surface area (Å²) in [4.78, 5) is 14.3. The van der Waals surface area contributed by atoms with E-state index in [-0.39, 0.29) is 11.9 Å². The van der Waals surface area contributed by atoms with Crippen LogP contribution in [0.1, 0.15) is 24.8 Å². The summed E-state index contributed by atoms with van der Waals surface area (Å²) in [5, 5.41) is 7.07. The van der Waals surface area contributed by atoms with Crippen molar-refractivity contribution in [1.82, 2.24) is 10.2 Å². The summed E-state index contributed by atoms with van der Waals surface area (Å²) >= 11 is 1.72. The number of carbonyl (C=O) groups excluding carboxylic acids is 1. The number of likely N-dealkylation sites (tertiary alicyclic amines) is 1. The Bertz CT molecular complexity index is 607. The molecule has 0 radical (unpaired) electrons. The van der Waals surface area contributed by atoms with Crippen LogP contribution >= 0.6 is 11.3 Å². The zero-order chi connectivity index (χ0) is 15.4. The van der Waals surface area contributed by atoms with Crippen molar-refractivity contribution in [3.8, 4) is 11.1 Å². The van der Waals surface area contributed by atoms with Gasteiger partial charge in [-0.2, -0.15) is 11.3 Å². The van der Waals surface area contributed by atoms with Crippen molar-refractivity contribution in [1.29, 1.82) is 0 Å². The predicted molar refractivity (Wildman–Crippen MR) is 91.9 cm³/mol. The summed E-state index contributed by atoms with van der Waals surface area (Å²) in [5.41, 5.74) is 3.80. The Hall–Kier alpha value is -1.65. The highest BCUT2D eigenvalue weighted by atomic mass is 32.1. The van der Waals surface area contributed by atoms with Crippen molar-refractivity contribution < 1.29 is 4.79 Å². The van der Waals surface area contributed by atoms with Crippen LogP contribution in [0.2, 0.25) is 0 Å². The fourth-order valence-corrected chi connectivity index (χ4v) is 3.77. The number of hydrogen-bond acceptors (Lipinski definition) is 3. The van der Waals surface area contributed by atoms with E-state index in [1.54, 1.807) is 18.4 Å². The van der Waals surface area contributed by atoms with E-state index >= 15 is 0 Å². The number of piperidine rings is 1. The van der Waals surface area contributed by atoms with Gasteiger partial charge >= 0.3 is 0 Å². The van der Waals surface area contributed by atoms with Gasteiger partial charge in [0.15, 0.2) is 0 Å². The molecule has 3 rings (SSSR count). The molecular weight excluding hydrogens is 292 g/mol. The van der Waals surface area contributed by atoms with Gasteiger partial charge in [0.2, 0.25) is 5.91 Å². The lowest BCUT2D eigenvalue weighted by molar-refractivity contribution is -0.127. The number of benzene rings is 1. The van der Waals surface area contributed by atoms with Gasteiger partial charge in [0.25, 0.3) is 0 Å². The molecule has 3 nitrogen and oxygen atoms in total. The van der Waals surface area contributed by atoms with Gasteiger partial charge in [-0.05, 0) is 52.9 Å². The molecule has 1 aliphatic rings. The summed E-state index contributed by atoms with van der Waals surface area (Å²) in [7, 11) is 1.73. The van der Waals surface area contributed by atoms with E-state index in [4.69, 9.17) is 0 Å². The smallest absolute Gasteiger partial charge is 0.237 e. The molecular formula is C18H22N2OS. The first-order valence-corrected chi connectivity index (χ1v) is 8.79. The summed E-state index contributed by atoms with van der Waals surface area (Å²) in [5.74, 6) is 0.148. The molecule has 2 aromatic rings. The van der Waals surface area contributed by atoms with E-state index in [2.05, 4.69) is 51.3 Å². The van der Waals surface area contributed by atoms with Crippen LogP contribution in [0, 0.1) is 0 Å². The van der Waals surface area contributed by atoms with E-state index in [0.29, 0.717) is 0 Å². The van der Waals surface area contributed by atoms with Crippen LogP contribution in [0.15, 0.2) is 41.1 Å². The maximum atomic E-state index is 12.0. The van der Waals surface area contributed by atoms with E-state index in [0.717, 1.165) is 25.9 Å². The van der Waals surface area contributed by atoms with Crippen molar-refractivity contribution in [2.24, 2.45) is 0 Å². The Labute approximate surface area is 136 Å². The van der Waals surface area contributed by atoms with Crippen molar-refractivity contribution in [2.75, 3.05) is 13.6 Å². The third kappa shape index (κ3) is 3.39. The number of hydrogen-bond donors (Lipinski definition) is 1. The standard InChI is InChI=1S/C18H22N2OS/c1-19-18(21)17-4-2-3-10-20(17)12-14-5-7-15(8-6-14)16-9-11-22-13-16/h5-9,11,13,17H,2-4,10,12H2,1H3,(H,19,21). The van der Waals surface area contributed by atoms with Crippen molar-refractivity contribution in [3.05, 3.63) is 46.7 Å². The molecule has 0 spiro atoms. The lowest BCUT2D eigenvalue weighted by Crippen LogP contribution is -2.48. The van der Waals surface area contributed by atoms with Gasteiger partial charge in [0.05, 0.1) is 6.04 Å². The van der Waals surface area contributed by atoms with E-state index in [1.165, 1.54) is 23.1 Å². The maximum absolute atomic E-state index is 12.0. The first-order valence-electron chi connectivity index (χ1n) is 7.85. The van der Waals surface area contributed by atoms with Crippen LogP contribution in [0.5, 0.6) is 0 Å². The molecule has 1 aromatic carbocycles. The van der Waals surface area contributed by atoms with Crippen molar-refractivity contribution >= 4 is 17.2 Å². The Balaban J connectivity index is 1.70. The van der Waals surface area contributed by atoms with Crippen LogP contribution < -0.4 is 5.32 Å². The van der Waals surface area contributed by atoms with Gasteiger partial charge in [-0.1, -0.05) is 30.7 Å². The molecule has 1 fully saturated rings. The van der Waals surface area contributed by atoms with E-state index in [9.17, 15) is 4.79 Å². The number of rotatable bonds is 4. The number of thiophene rings is 1. The number of likely N-dealkylation sites (N-methyl/N-ethyl adjacent to an activating group) is 1. The summed E-state index contributed by atoms with van der Waals surface area (Å²) in [6.45, 7) is 1.85. The molecule has 1 atom stereocenters. The monoisotopic (exact) mass is 314 g/mol. The minimum Gasteiger partial charge on any atom is -0.358 e. The average molecular weight is 314 g/mol. The first kappa shape index (κ1) is 15.3. The molecule has 1 aliphatic heterocycles. The zero-order valence-electron chi connectivity index (χ0n) is 12.9. The Morgan fingerprint density at radius 2 is 2.05 bits per heavy atom. The molecule has 1 amide bonds. The normalized spacial score (nSPS) is 19.0. The lowest BCUT2D eigenvalue weighted by Gasteiger charge is -2.34. The third-order valence-corrected chi connectivity index (χ3v) is 5.04. The summed E-state index contributed by atoms with van der Waals surface area (Å²) in [6.07, 6.45) is 3.29. The molecule has 1 unspecified atom stereocenters. The number of carbonyl (C=O) groups is 1. The molecule has 1 saturated heterocycles.